The molecule has 2 fully saturated rings. The van der Waals surface area contributed by atoms with Crippen LogP contribution in [0.5, 0.6) is 0 Å². The van der Waals surface area contributed by atoms with Gasteiger partial charge in [-0.15, -0.1) is 11.3 Å². The first-order valence-corrected chi connectivity index (χ1v) is 11.4. The van der Waals surface area contributed by atoms with Crippen molar-refractivity contribution in [1.82, 2.24) is 9.47 Å². The van der Waals surface area contributed by atoms with Crippen molar-refractivity contribution in [3.05, 3.63) is 45.7 Å². The van der Waals surface area contributed by atoms with Crippen molar-refractivity contribution in [2.24, 2.45) is 5.92 Å². The number of aromatic nitrogens is 1. The Morgan fingerprint density at radius 3 is 2.71 bits per heavy atom. The van der Waals surface area contributed by atoms with Gasteiger partial charge in [-0.25, -0.2) is 0 Å². The van der Waals surface area contributed by atoms with E-state index in [4.69, 9.17) is 0 Å². The molecule has 3 aliphatic rings. The predicted octanol–water partition coefficient (Wildman–Crippen LogP) is 1.59. The fraction of sp³-hybridized carbons (Fsp3) is 0.545. The molecule has 2 bridgehead atoms. The van der Waals surface area contributed by atoms with Crippen molar-refractivity contribution in [3.63, 3.8) is 0 Å². The Morgan fingerprint density at radius 2 is 2.00 bits per heavy atom. The third kappa shape index (κ3) is 3.12. The number of rotatable bonds is 2. The largest absolute Gasteiger partial charge is 0.342 e. The molecular formula is C22H28N3O2S+. The molecule has 5 heterocycles. The van der Waals surface area contributed by atoms with Crippen LogP contribution < -0.4 is 10.5 Å². The second-order valence-electron chi connectivity index (χ2n) is 8.71. The molecule has 3 atom stereocenters. The van der Waals surface area contributed by atoms with Gasteiger partial charge in [0.15, 0.2) is 0 Å². The van der Waals surface area contributed by atoms with E-state index >= 15 is 0 Å². The number of likely N-dealkylation sites (tertiary alicyclic amines) is 2. The highest BCUT2D eigenvalue weighted by Gasteiger charge is 2.41. The Balaban J connectivity index is 1.37. The lowest BCUT2D eigenvalue weighted by atomic mass is 9.81. The first-order valence-electron chi connectivity index (χ1n) is 10.5. The summed E-state index contributed by atoms with van der Waals surface area (Å²) in [7, 11) is 0. The number of thiophene rings is 1. The molecule has 0 radical (unpaired) electrons. The van der Waals surface area contributed by atoms with Gasteiger partial charge in [-0.1, -0.05) is 6.07 Å². The van der Waals surface area contributed by atoms with Crippen LogP contribution in [0.3, 0.4) is 0 Å². The Kier molecular flexibility index (Phi) is 4.63. The van der Waals surface area contributed by atoms with E-state index in [2.05, 4.69) is 10.6 Å². The summed E-state index contributed by atoms with van der Waals surface area (Å²) in [6.45, 7) is 6.63. The minimum Gasteiger partial charge on any atom is -0.342 e. The number of nitrogens with one attached hydrogen (secondary N) is 1. The van der Waals surface area contributed by atoms with Gasteiger partial charge in [0.2, 0.25) is 5.91 Å². The number of fused-ring (bicyclic) bond motifs is 4. The van der Waals surface area contributed by atoms with Gasteiger partial charge in [0.25, 0.3) is 5.56 Å². The number of pyridine rings is 1. The summed E-state index contributed by atoms with van der Waals surface area (Å²) in [6.07, 6.45) is 3.44. The zero-order chi connectivity index (χ0) is 19.3. The lowest BCUT2D eigenvalue weighted by Crippen LogP contribution is -3.18. The average Bonchev–Trinajstić information content (AvgIpc) is 3.23. The maximum Gasteiger partial charge on any atom is 0.259 e. The van der Waals surface area contributed by atoms with Gasteiger partial charge < -0.3 is 14.4 Å². The highest BCUT2D eigenvalue weighted by atomic mass is 32.1. The van der Waals surface area contributed by atoms with Crippen LogP contribution in [0, 0.1) is 5.92 Å². The first kappa shape index (κ1) is 18.1. The maximum atomic E-state index is 13.2. The van der Waals surface area contributed by atoms with E-state index in [9.17, 15) is 9.59 Å². The molecule has 148 valence electrons. The Hall–Kier alpha value is -1.92. The second-order valence-corrected chi connectivity index (χ2v) is 9.66. The number of hydrogen-bond acceptors (Lipinski definition) is 3. The monoisotopic (exact) mass is 398 g/mol. The molecule has 2 aromatic heterocycles. The SMILES string of the molecule is CC(=O)N1CCC([NH+]2C[C@@H]3C[C@H](C2)c2ccc(-c4cccs4)c(=O)n2C3)CC1. The van der Waals surface area contributed by atoms with E-state index in [-0.39, 0.29) is 11.5 Å². The summed E-state index contributed by atoms with van der Waals surface area (Å²) in [4.78, 5) is 29.5. The van der Waals surface area contributed by atoms with E-state index in [1.807, 2.05) is 28.5 Å². The molecule has 2 aromatic rings. The third-order valence-corrected chi connectivity index (χ3v) is 7.95. The van der Waals surface area contributed by atoms with E-state index < -0.39 is 0 Å². The third-order valence-electron chi connectivity index (χ3n) is 7.05. The smallest absolute Gasteiger partial charge is 0.259 e. The first-order chi connectivity index (χ1) is 13.6. The maximum absolute atomic E-state index is 13.2. The van der Waals surface area contributed by atoms with E-state index in [0.717, 1.165) is 56.0 Å². The summed E-state index contributed by atoms with van der Waals surface area (Å²) >= 11 is 1.64. The number of piperidine rings is 2. The molecule has 0 aromatic carbocycles. The summed E-state index contributed by atoms with van der Waals surface area (Å²) in [5, 5.41) is 2.03. The van der Waals surface area contributed by atoms with Crippen LogP contribution in [0.25, 0.3) is 10.4 Å². The molecule has 6 heteroatoms. The summed E-state index contributed by atoms with van der Waals surface area (Å²) in [5.74, 6) is 1.28. The quantitative estimate of drug-likeness (QED) is 0.835. The fourth-order valence-electron chi connectivity index (χ4n) is 5.65. The molecule has 0 aliphatic carbocycles. The highest BCUT2D eigenvalue weighted by molar-refractivity contribution is 7.13. The van der Waals surface area contributed by atoms with Crippen molar-refractivity contribution in [3.8, 4) is 10.4 Å². The standard InChI is InChI=1S/C22H27N3O2S/c1-15(26)23-8-6-18(7-9-23)24-12-16-11-17(14-24)20-5-4-19(21-3-2-10-28-21)22(27)25(20)13-16/h2-5,10,16-18H,6-9,11-14H2,1H3/p+1/t16-,17+/m0/s1. The molecule has 28 heavy (non-hydrogen) atoms. The van der Waals surface area contributed by atoms with Gasteiger partial charge in [-0.3, -0.25) is 9.59 Å². The van der Waals surface area contributed by atoms with Crippen LogP contribution in [-0.2, 0) is 11.3 Å². The van der Waals surface area contributed by atoms with Crippen LogP contribution in [0.15, 0.2) is 34.4 Å². The average molecular weight is 399 g/mol. The Morgan fingerprint density at radius 1 is 1.18 bits per heavy atom. The van der Waals surface area contributed by atoms with Gasteiger partial charge in [0.05, 0.1) is 24.7 Å². The molecule has 2 saturated heterocycles. The van der Waals surface area contributed by atoms with Crippen LogP contribution in [-0.4, -0.2) is 47.6 Å². The number of nitrogens with zero attached hydrogens (tertiary/aromatic N) is 2. The number of carbonyl (C=O) groups excluding carboxylic acids is 1. The van der Waals surface area contributed by atoms with Gasteiger partial charge in [-0.05, 0) is 30.0 Å². The lowest BCUT2D eigenvalue weighted by Gasteiger charge is -2.45. The minimum atomic E-state index is 0.188. The molecular weight excluding hydrogens is 370 g/mol. The van der Waals surface area contributed by atoms with Gasteiger partial charge in [0.1, 0.15) is 0 Å². The van der Waals surface area contributed by atoms with Crippen molar-refractivity contribution in [2.75, 3.05) is 26.2 Å². The number of quaternary nitrogens is 1. The van der Waals surface area contributed by atoms with Crippen molar-refractivity contribution >= 4 is 17.2 Å². The van der Waals surface area contributed by atoms with Gasteiger partial charge in [-0.2, -0.15) is 0 Å². The molecule has 1 unspecified atom stereocenters. The molecule has 1 N–H and O–H groups in total. The van der Waals surface area contributed by atoms with Gasteiger partial charge in [0, 0.05) is 61.8 Å². The molecule has 3 aliphatic heterocycles. The minimum absolute atomic E-state index is 0.188. The van der Waals surface area contributed by atoms with Crippen LogP contribution in [0.2, 0.25) is 0 Å². The number of amides is 1. The topological polar surface area (TPSA) is 46.8 Å². The Labute approximate surface area is 169 Å². The summed E-state index contributed by atoms with van der Waals surface area (Å²) < 4.78 is 2.07. The fourth-order valence-corrected chi connectivity index (χ4v) is 6.40. The highest BCUT2D eigenvalue weighted by Crippen LogP contribution is 2.32. The molecule has 5 rings (SSSR count). The predicted molar refractivity (Wildman–Crippen MR) is 111 cm³/mol. The van der Waals surface area contributed by atoms with Crippen LogP contribution in [0.1, 0.15) is 37.8 Å². The zero-order valence-corrected chi connectivity index (χ0v) is 17.2. The zero-order valence-electron chi connectivity index (χ0n) is 16.4. The van der Waals surface area contributed by atoms with E-state index in [1.165, 1.54) is 12.1 Å². The summed E-state index contributed by atoms with van der Waals surface area (Å²) in [6, 6.07) is 8.96. The van der Waals surface area contributed by atoms with Crippen molar-refractivity contribution in [1.29, 1.82) is 0 Å². The lowest BCUT2D eigenvalue weighted by molar-refractivity contribution is -0.937. The second kappa shape index (κ2) is 7.16. The molecule has 0 spiro atoms. The molecule has 0 saturated carbocycles. The number of carbonyl (C=O) groups is 1. The van der Waals surface area contributed by atoms with Crippen LogP contribution in [0.4, 0.5) is 0 Å². The summed E-state index contributed by atoms with van der Waals surface area (Å²) in [5.41, 5.74) is 2.27. The van der Waals surface area contributed by atoms with E-state index in [0.29, 0.717) is 17.9 Å². The Bertz CT molecular complexity index is 928. The molecule has 5 nitrogen and oxygen atoms in total. The van der Waals surface area contributed by atoms with Crippen molar-refractivity contribution < 1.29 is 9.69 Å². The van der Waals surface area contributed by atoms with Crippen molar-refractivity contribution in [2.45, 2.75) is 44.7 Å². The van der Waals surface area contributed by atoms with Gasteiger partial charge >= 0.3 is 0 Å². The normalized spacial score (nSPS) is 27.5. The van der Waals surface area contributed by atoms with Crippen LogP contribution >= 0.6 is 11.3 Å². The molecule has 1 amide bonds. The number of hydrogen-bond donors (Lipinski definition) is 1. The van der Waals surface area contributed by atoms with E-state index in [1.54, 1.807) is 23.2 Å².